The Morgan fingerprint density at radius 1 is 0.462 bits per heavy atom. The number of aliphatic hydroxyl groups excluding tert-OH is 1. The molecule has 8 amide bonds. The number of fused-ring (bicyclic) bond motifs is 8. The highest BCUT2D eigenvalue weighted by Crippen LogP contribution is 2.71. The Morgan fingerprint density at radius 2 is 0.795 bits per heavy atom. The number of amides is 8. The van der Waals surface area contributed by atoms with Gasteiger partial charge in [0.1, 0.15) is 6.04 Å². The fraction of sp³-hybridized carbons (Fsp3) is 0.532. The van der Waals surface area contributed by atoms with Crippen molar-refractivity contribution >= 4 is 146 Å². The molecule has 31 nitrogen and oxygen atoms in total. The molecule has 17 heterocycles. The summed E-state index contributed by atoms with van der Waals surface area (Å²) in [6.07, 6.45) is 0.949. The minimum Gasteiger partial charge on any atom is -0.454 e. The van der Waals surface area contributed by atoms with Crippen LogP contribution in [0.3, 0.4) is 0 Å². The van der Waals surface area contributed by atoms with Crippen LogP contribution in [0.15, 0.2) is 71.2 Å². The Morgan fingerprint density at radius 3 is 1.18 bits per heavy atom. The lowest BCUT2D eigenvalue weighted by atomic mass is 9.75. The Bertz CT molecular complexity index is 5590. The molecule has 8 bridgehead atoms. The van der Waals surface area contributed by atoms with E-state index in [0.717, 1.165) is 16.7 Å². The SMILES string of the molecule is CN1C(=O)[C@@]23C[C@@](C#N)(CCO)C(c4ccc5c(c4)OCO5)N2C(=O)[C@@]1(C)S3=S.CN1C(=O)[C@@]23C[C@@](C#N)(CN4CCOCC4)C(c4ccc5c(c4)OCO5)N2C(=O)[C@]1(C)S3=S.CN1C(=O)[C@@]23C[C@](C)(C#N)C(c4ccc5c(c4)OCO5)N2C(=O)[C@]1(C)S3=S.[C-]#[N+][C@@]1(C)C[C@]23C(=O)N(C)[C@@](C)(C(=O)N2C1c1cc2c(cc1Br)OCO2)S3=S. The standard InChI is InChI=1S/C22H24N4O5S2.C19H19N3O5S2.C18H16BrN3O4S2.C18H17N3O4S2/c1-20-18(27)26-17(14-3-4-15-16(9-14)31-13-30-15)21(11-23,12-25-5-7-29-8-6-25)10-22(26,33(20)32)19(28)24(20)2;1-17-15(24)22-14(11-3-4-12-13(7-11)27-10-26-12)18(9-20,5-6-23)8-19(22,29(17)28)16(25)21(17)2;1-16(20-3)7-18-15(24)21(4)17(2,28(18)27)14(23)22(18)13(16)9-5-11-12(6-10(9)19)26-8-25-11;1-16(8-19)7-18-15(23)20(3)17(2,27(18)26)14(22)21(18)13(16)10-4-5-11-12(6-10)25-9-24-11/h3-4,9,17H,5-8,10,12-13H2,1-2H3;3-4,7,14,23H,5-6,8,10H2,1-2H3;5-6,13H,7-8H2,1-2,4H3;4-6,13H,7,9H2,1-3H3/t17?,20-,21+,22-,33?;14?,17-,18-,19+,29?;13?,16-,17+,18-,28?;13?,16-,17+,18+,27?/m0101/s1. The van der Waals surface area contributed by atoms with Gasteiger partial charge in [0.05, 0.1) is 72.2 Å². The highest BCUT2D eigenvalue weighted by atomic mass is 79.9. The summed E-state index contributed by atoms with van der Waals surface area (Å²) in [7, 11) is 2.60. The average Bonchev–Trinajstić information content (AvgIpc) is 1.50. The van der Waals surface area contributed by atoms with E-state index in [4.69, 9.17) is 94.0 Å². The molecule has 4 aromatic rings. The Labute approximate surface area is 708 Å². The van der Waals surface area contributed by atoms with Crippen LogP contribution in [0, 0.1) is 56.8 Å². The van der Waals surface area contributed by atoms with E-state index in [9.17, 15) is 59.2 Å². The van der Waals surface area contributed by atoms with Gasteiger partial charge in [0.15, 0.2) is 85.0 Å². The van der Waals surface area contributed by atoms with Crippen LogP contribution in [0.4, 0.5) is 0 Å². The van der Waals surface area contributed by atoms with Gasteiger partial charge in [-0.1, -0.05) is 62.5 Å². The van der Waals surface area contributed by atoms with Crippen molar-refractivity contribution in [2.45, 2.75) is 142 Å². The van der Waals surface area contributed by atoms with Crippen LogP contribution in [-0.2, 0) is 126 Å². The number of carbonyl (C=O) groups excluding carboxylic acids is 8. The van der Waals surface area contributed by atoms with Crippen molar-refractivity contribution in [1.29, 1.82) is 15.8 Å². The van der Waals surface area contributed by atoms with Gasteiger partial charge in [0.25, 0.3) is 52.8 Å². The summed E-state index contributed by atoms with van der Waals surface area (Å²) in [4.78, 5) is 118. The van der Waals surface area contributed by atoms with Crippen LogP contribution in [0.2, 0.25) is 0 Å². The fourth-order valence-electron chi connectivity index (χ4n) is 21.2. The predicted molar refractivity (Wildman–Crippen MR) is 433 cm³/mol. The van der Waals surface area contributed by atoms with Crippen molar-refractivity contribution in [1.82, 2.24) is 44.1 Å². The highest BCUT2D eigenvalue weighted by Gasteiger charge is 2.86. The lowest BCUT2D eigenvalue weighted by molar-refractivity contribution is -0.159. The van der Waals surface area contributed by atoms with Gasteiger partial charge in [-0.15, -0.1) is 0 Å². The molecule has 117 heavy (non-hydrogen) atoms. The number of benzene rings is 4. The third-order valence-electron chi connectivity index (χ3n) is 27.4. The molecule has 17 aliphatic heterocycles. The molecule has 0 aliphatic carbocycles. The lowest BCUT2D eigenvalue weighted by Gasteiger charge is -2.41. The number of aliphatic hydroxyl groups is 1. The molecule has 0 saturated carbocycles. The second-order valence-electron chi connectivity index (χ2n) is 33.1. The van der Waals surface area contributed by atoms with Gasteiger partial charge in [0.2, 0.25) is 27.2 Å². The molecule has 1 N–H and O–H groups in total. The number of hydrogen-bond donors (Lipinski definition) is 1. The molecule has 40 heteroatoms. The number of carbonyl (C=O) groups is 8. The molecular weight excluding hydrogens is 1730 g/mol. The van der Waals surface area contributed by atoms with E-state index in [1.807, 2.05) is 24.3 Å². The summed E-state index contributed by atoms with van der Waals surface area (Å²) < 4.78 is 49.9. The zero-order chi connectivity index (χ0) is 83.5. The van der Waals surface area contributed by atoms with E-state index >= 15 is 0 Å². The number of likely N-dealkylation sites (N-methyl/N-ethyl adjacent to an activating group) is 4. The van der Waals surface area contributed by atoms with Crippen LogP contribution in [0.5, 0.6) is 46.0 Å². The second kappa shape index (κ2) is 26.1. The van der Waals surface area contributed by atoms with Gasteiger partial charge in [-0.2, -0.15) is 15.8 Å². The first-order chi connectivity index (χ1) is 55.4. The zero-order valence-electron chi connectivity index (χ0n) is 64.6. The maximum atomic E-state index is 13.9. The maximum Gasteiger partial charge on any atom is 0.261 e. The summed E-state index contributed by atoms with van der Waals surface area (Å²) in [5.74, 6) is 3.22. The quantitative estimate of drug-likeness (QED) is 0.239. The third-order valence-corrected chi connectivity index (χ3v) is 44.5. The number of rotatable bonds is 8. The summed E-state index contributed by atoms with van der Waals surface area (Å²) in [6.45, 7) is 21.8. The molecule has 0 radical (unpaired) electrons. The van der Waals surface area contributed by atoms with Crippen LogP contribution in [0.1, 0.15) is 120 Å². The van der Waals surface area contributed by atoms with E-state index < -0.39 is 123 Å². The molecule has 13 saturated heterocycles. The summed E-state index contributed by atoms with van der Waals surface area (Å²) in [5, 5.41) is 40.7. The van der Waals surface area contributed by atoms with E-state index in [0.29, 0.717) is 88.9 Å². The van der Waals surface area contributed by atoms with E-state index in [2.05, 4.69) is 43.9 Å². The number of morpholine rings is 1. The van der Waals surface area contributed by atoms with Crippen LogP contribution in [0.25, 0.3) is 4.85 Å². The number of hydrogen-bond acceptors (Lipinski definition) is 26. The van der Waals surface area contributed by atoms with Gasteiger partial charge in [-0.05, 0) is 160 Å². The molecular formula is C77H76BrN13O18S8. The van der Waals surface area contributed by atoms with Crippen molar-refractivity contribution in [2.24, 2.45) is 16.2 Å². The predicted octanol–water partition coefficient (Wildman–Crippen LogP) is 4.37. The minimum atomic E-state index is -1.23. The second-order valence-corrected chi connectivity index (χ2v) is 46.0. The van der Waals surface area contributed by atoms with Crippen LogP contribution < -0.4 is 37.9 Å². The fourth-order valence-corrected chi connectivity index (χ4v) is 35.7. The highest BCUT2D eigenvalue weighted by molar-refractivity contribution is 9.10. The normalized spacial score (nSPS) is 40.0. The van der Waals surface area contributed by atoms with Gasteiger partial charge < -0.3 is 91.8 Å². The Balaban J connectivity index is 0.000000108. The first kappa shape index (κ1) is 79.7. The van der Waals surface area contributed by atoms with Crippen molar-refractivity contribution in [3.63, 3.8) is 0 Å². The van der Waals surface area contributed by atoms with E-state index in [1.165, 1.54) is 19.6 Å². The molecule has 20 atom stereocenters. The van der Waals surface area contributed by atoms with Crippen molar-refractivity contribution in [3.05, 3.63) is 105 Å². The first-order valence-electron chi connectivity index (χ1n) is 37.4. The van der Waals surface area contributed by atoms with Crippen LogP contribution in [-0.4, -0.2) is 236 Å². The number of halogens is 1. The Kier molecular flexibility index (Phi) is 17.8. The molecule has 0 aromatic heterocycles. The molecule has 17 aliphatic rings. The average molecular weight is 1810 g/mol. The van der Waals surface area contributed by atoms with E-state index in [-0.39, 0.29) is 113 Å². The minimum absolute atomic E-state index is 0.104. The third kappa shape index (κ3) is 9.50. The number of nitriles is 3. The first-order valence-corrected chi connectivity index (χ1v) is 46.8. The summed E-state index contributed by atoms with van der Waals surface area (Å²) in [5.41, 5.74) is -1.14. The molecule has 21 rings (SSSR count). The monoisotopic (exact) mass is 1810 g/mol. The topological polar surface area (TPSA) is 345 Å². The number of piperazine rings is 4. The largest absolute Gasteiger partial charge is 0.454 e. The van der Waals surface area contributed by atoms with Crippen LogP contribution >= 0.6 is 15.9 Å². The molecule has 612 valence electrons. The van der Waals surface area contributed by atoms with Gasteiger partial charge in [0, 0.05) is 90.7 Å². The molecule has 8 unspecified atom stereocenters. The molecule has 4 aromatic carbocycles. The lowest BCUT2D eigenvalue weighted by Crippen LogP contribution is -2.61. The van der Waals surface area contributed by atoms with Crippen molar-refractivity contribution in [3.8, 4) is 64.2 Å². The smallest absolute Gasteiger partial charge is 0.261 e. The van der Waals surface area contributed by atoms with Crippen molar-refractivity contribution < 1.29 is 86.1 Å². The molecule has 4 spiro atoms. The van der Waals surface area contributed by atoms with Gasteiger partial charge in [-0.3, -0.25) is 43.3 Å². The summed E-state index contributed by atoms with van der Waals surface area (Å²) >= 11 is 26.8. The van der Waals surface area contributed by atoms with Gasteiger partial charge >= 0.3 is 0 Å². The molecule has 13 fully saturated rings. The number of nitrogens with zero attached hydrogens (tertiary/aromatic N) is 13. The zero-order valence-corrected chi connectivity index (χ0v) is 72.7. The maximum absolute atomic E-state index is 13.9. The van der Waals surface area contributed by atoms with E-state index in [1.54, 1.807) is 132 Å². The Hall–Kier alpha value is -8.36. The summed E-state index contributed by atoms with van der Waals surface area (Å²) in [6, 6.07) is 24.6. The number of ether oxygens (including phenoxy) is 9. The van der Waals surface area contributed by atoms with Crippen molar-refractivity contribution in [2.75, 3.05) is 94.8 Å². The van der Waals surface area contributed by atoms with Gasteiger partial charge in [-0.25, -0.2) is 6.57 Å².